The molecule has 0 bridgehead atoms. The van der Waals surface area contributed by atoms with Crippen molar-refractivity contribution in [1.29, 1.82) is 0 Å². The van der Waals surface area contributed by atoms with Crippen LogP contribution in [0.3, 0.4) is 0 Å². The second-order valence-corrected chi connectivity index (χ2v) is 12.9. The van der Waals surface area contributed by atoms with Gasteiger partial charge in [-0.15, -0.1) is 0 Å². The Balaban J connectivity index is 1.39. The van der Waals surface area contributed by atoms with Gasteiger partial charge in [-0.25, -0.2) is 8.42 Å². The SMILES string of the molecule is CCOS(=O)(=O)c1ccc(C)cc1OCCOCCS(=O)(=O)c1cccc2c1C(=O)N(C1CCC(=O)NC1=O)C2=O. The molecule has 1 saturated heterocycles. The number of hydrogen-bond donors (Lipinski definition) is 1. The van der Waals surface area contributed by atoms with Crippen LogP contribution in [0.4, 0.5) is 0 Å². The number of carbonyl (C=O) groups excluding carboxylic acids is 4. The summed E-state index contributed by atoms with van der Waals surface area (Å²) in [7, 11) is -8.13. The van der Waals surface area contributed by atoms with E-state index in [4.69, 9.17) is 13.7 Å². The van der Waals surface area contributed by atoms with Crippen molar-refractivity contribution in [3.05, 3.63) is 53.1 Å². The maximum absolute atomic E-state index is 13.2. The number of hydrogen-bond acceptors (Lipinski definition) is 11. The van der Waals surface area contributed by atoms with E-state index in [1.54, 1.807) is 19.9 Å². The highest BCUT2D eigenvalue weighted by atomic mass is 32.2. The van der Waals surface area contributed by atoms with Gasteiger partial charge in [-0.1, -0.05) is 12.1 Å². The third kappa shape index (κ3) is 6.32. The third-order valence-corrected chi connectivity index (χ3v) is 9.52. The van der Waals surface area contributed by atoms with Gasteiger partial charge in [0, 0.05) is 6.42 Å². The zero-order valence-electron chi connectivity index (χ0n) is 22.2. The predicted octanol–water partition coefficient (Wildman–Crippen LogP) is 0.991. The molecule has 1 unspecified atom stereocenters. The number of amides is 4. The van der Waals surface area contributed by atoms with Gasteiger partial charge in [0.25, 0.3) is 11.8 Å². The Morgan fingerprint density at radius 2 is 1.71 bits per heavy atom. The number of carbonyl (C=O) groups is 4. The number of piperidine rings is 1. The summed E-state index contributed by atoms with van der Waals surface area (Å²) in [4.78, 5) is 50.1. The zero-order valence-corrected chi connectivity index (χ0v) is 23.9. The summed E-state index contributed by atoms with van der Waals surface area (Å²) in [6, 6.07) is 7.11. The number of fused-ring (bicyclic) bond motifs is 1. The lowest BCUT2D eigenvalue weighted by Gasteiger charge is -2.27. The molecule has 2 aliphatic heterocycles. The molecule has 0 aromatic heterocycles. The van der Waals surface area contributed by atoms with Crippen LogP contribution in [0.5, 0.6) is 5.75 Å². The molecule has 0 aliphatic carbocycles. The number of aryl methyl sites for hydroxylation is 1. The molecule has 13 nitrogen and oxygen atoms in total. The molecule has 2 aromatic carbocycles. The first-order chi connectivity index (χ1) is 19.4. The van der Waals surface area contributed by atoms with E-state index in [9.17, 15) is 36.0 Å². The van der Waals surface area contributed by atoms with Crippen LogP contribution < -0.4 is 10.1 Å². The third-order valence-electron chi connectivity index (χ3n) is 6.39. The molecule has 1 N–H and O–H groups in total. The van der Waals surface area contributed by atoms with E-state index in [1.165, 1.54) is 30.3 Å². The number of nitrogens with one attached hydrogen (secondary N) is 1. The fourth-order valence-electron chi connectivity index (χ4n) is 4.49. The maximum Gasteiger partial charge on any atom is 0.300 e. The molecule has 220 valence electrons. The fraction of sp³-hybridized carbons (Fsp3) is 0.385. The van der Waals surface area contributed by atoms with Crippen LogP contribution >= 0.6 is 0 Å². The van der Waals surface area contributed by atoms with Gasteiger partial charge in [-0.3, -0.25) is 33.6 Å². The highest BCUT2D eigenvalue weighted by Gasteiger charge is 2.46. The van der Waals surface area contributed by atoms with Crippen molar-refractivity contribution in [2.75, 3.05) is 32.2 Å². The molecule has 2 aliphatic rings. The standard InChI is InChI=1S/C26H28N2O11S2/c1-3-39-41(35,36)20-9-7-16(2)15-19(20)38-12-11-37-13-14-40(33,34)21-6-4-5-17-23(21)26(32)28(25(17)31)18-8-10-22(29)27-24(18)30/h4-7,9,15,18H,3,8,10-14H2,1-2H3,(H,27,29,30). The number of nitrogens with zero attached hydrogens (tertiary/aromatic N) is 1. The van der Waals surface area contributed by atoms with Crippen LogP contribution in [0.1, 0.15) is 46.0 Å². The number of sulfone groups is 1. The molecule has 2 aromatic rings. The van der Waals surface area contributed by atoms with Crippen LogP contribution in [-0.4, -0.2) is 83.6 Å². The summed E-state index contributed by atoms with van der Waals surface area (Å²) < 4.78 is 66.7. The Bertz CT molecular complexity index is 1620. The quantitative estimate of drug-likeness (QED) is 0.206. The van der Waals surface area contributed by atoms with E-state index in [-0.39, 0.29) is 65.9 Å². The zero-order chi connectivity index (χ0) is 29.9. The molecule has 15 heteroatoms. The smallest absolute Gasteiger partial charge is 0.300 e. The van der Waals surface area contributed by atoms with E-state index in [2.05, 4.69) is 5.32 Å². The first-order valence-electron chi connectivity index (χ1n) is 12.7. The monoisotopic (exact) mass is 608 g/mol. The normalized spacial score (nSPS) is 17.5. The van der Waals surface area contributed by atoms with Gasteiger partial charge >= 0.3 is 10.1 Å². The van der Waals surface area contributed by atoms with Gasteiger partial charge in [0.15, 0.2) is 9.84 Å². The van der Waals surface area contributed by atoms with Crippen LogP contribution in [-0.2, 0) is 38.5 Å². The van der Waals surface area contributed by atoms with Crippen molar-refractivity contribution in [1.82, 2.24) is 10.2 Å². The average molecular weight is 609 g/mol. The Morgan fingerprint density at radius 1 is 0.951 bits per heavy atom. The summed E-state index contributed by atoms with van der Waals surface area (Å²) >= 11 is 0. The summed E-state index contributed by atoms with van der Waals surface area (Å²) in [6.07, 6.45) is -0.126. The minimum absolute atomic E-state index is 0.0490. The Kier molecular flexibility index (Phi) is 8.91. The van der Waals surface area contributed by atoms with E-state index in [0.717, 1.165) is 5.56 Å². The largest absolute Gasteiger partial charge is 0.490 e. The van der Waals surface area contributed by atoms with E-state index >= 15 is 0 Å². The molecule has 0 saturated carbocycles. The van der Waals surface area contributed by atoms with Crippen molar-refractivity contribution >= 4 is 43.6 Å². The van der Waals surface area contributed by atoms with Crippen molar-refractivity contribution in [2.24, 2.45) is 0 Å². The number of ether oxygens (including phenoxy) is 2. The first kappa shape index (κ1) is 30.3. The molecule has 0 radical (unpaired) electrons. The van der Waals surface area contributed by atoms with Crippen LogP contribution in [0.25, 0.3) is 0 Å². The first-order valence-corrected chi connectivity index (χ1v) is 15.7. The lowest BCUT2D eigenvalue weighted by Crippen LogP contribution is -2.54. The highest BCUT2D eigenvalue weighted by Crippen LogP contribution is 2.32. The van der Waals surface area contributed by atoms with Gasteiger partial charge in [-0.05, 0) is 50.1 Å². The van der Waals surface area contributed by atoms with Gasteiger partial charge in [0.1, 0.15) is 23.3 Å². The molecule has 4 amide bonds. The van der Waals surface area contributed by atoms with Crippen LogP contribution in [0.2, 0.25) is 0 Å². The van der Waals surface area contributed by atoms with Crippen molar-refractivity contribution in [3.8, 4) is 5.75 Å². The van der Waals surface area contributed by atoms with Crippen molar-refractivity contribution in [3.63, 3.8) is 0 Å². The van der Waals surface area contributed by atoms with E-state index in [0.29, 0.717) is 4.90 Å². The van der Waals surface area contributed by atoms with Gasteiger partial charge in [0.05, 0.1) is 41.6 Å². The summed E-state index contributed by atoms with van der Waals surface area (Å²) in [5.41, 5.74) is 0.279. The topological polar surface area (TPSA) is 180 Å². The molecule has 0 spiro atoms. The second kappa shape index (κ2) is 12.1. The van der Waals surface area contributed by atoms with E-state index in [1.807, 2.05) is 0 Å². The molecule has 4 rings (SSSR count). The second-order valence-electron chi connectivity index (χ2n) is 9.22. The summed E-state index contributed by atoms with van der Waals surface area (Å²) in [5, 5.41) is 2.09. The number of benzene rings is 2. The number of rotatable bonds is 12. The minimum Gasteiger partial charge on any atom is -0.490 e. The average Bonchev–Trinajstić information content (AvgIpc) is 3.15. The Morgan fingerprint density at radius 3 is 2.41 bits per heavy atom. The van der Waals surface area contributed by atoms with Gasteiger partial charge < -0.3 is 9.47 Å². The van der Waals surface area contributed by atoms with E-state index < -0.39 is 55.4 Å². The molecule has 1 atom stereocenters. The van der Waals surface area contributed by atoms with Gasteiger partial charge in [0.2, 0.25) is 11.8 Å². The predicted molar refractivity (Wildman–Crippen MR) is 141 cm³/mol. The Hall–Kier alpha value is -3.66. The molecular weight excluding hydrogens is 580 g/mol. The maximum atomic E-state index is 13.2. The Labute approximate surface area is 236 Å². The van der Waals surface area contributed by atoms with Crippen molar-refractivity contribution in [2.45, 2.75) is 42.5 Å². The van der Waals surface area contributed by atoms with Crippen LogP contribution in [0, 0.1) is 6.92 Å². The molecule has 1 fully saturated rings. The number of imide groups is 2. The lowest BCUT2D eigenvalue weighted by atomic mass is 10.0. The minimum atomic E-state index is -4.11. The molecule has 41 heavy (non-hydrogen) atoms. The van der Waals surface area contributed by atoms with Gasteiger partial charge in [-0.2, -0.15) is 8.42 Å². The summed E-state index contributed by atoms with van der Waals surface area (Å²) in [5.74, 6) is -3.53. The highest BCUT2D eigenvalue weighted by molar-refractivity contribution is 7.91. The van der Waals surface area contributed by atoms with Crippen LogP contribution in [0.15, 0.2) is 46.2 Å². The molecule has 2 heterocycles. The fourth-order valence-corrected chi connectivity index (χ4v) is 6.88. The molecular formula is C26H28N2O11S2. The lowest BCUT2D eigenvalue weighted by molar-refractivity contribution is -0.136. The summed E-state index contributed by atoms with van der Waals surface area (Å²) in [6.45, 7) is 2.80. The van der Waals surface area contributed by atoms with Crippen molar-refractivity contribution < 1.29 is 49.7 Å².